The highest BCUT2D eigenvalue weighted by molar-refractivity contribution is 6.28. The van der Waals surface area contributed by atoms with Gasteiger partial charge in [0.15, 0.2) is 0 Å². The zero-order valence-corrected chi connectivity index (χ0v) is 11.5. The van der Waals surface area contributed by atoms with Crippen LogP contribution in [0.1, 0.15) is 6.42 Å². The molecule has 0 aliphatic carbocycles. The number of nitrogens with zero attached hydrogens (tertiary/aromatic N) is 5. The highest BCUT2D eigenvalue weighted by Crippen LogP contribution is 2.25. The molecule has 0 saturated carbocycles. The van der Waals surface area contributed by atoms with Crippen molar-refractivity contribution >= 4 is 22.9 Å². The maximum atomic E-state index is 5.73. The quantitative estimate of drug-likeness (QED) is 0.679. The summed E-state index contributed by atoms with van der Waals surface area (Å²) >= 11 is 5.73. The van der Waals surface area contributed by atoms with E-state index in [-0.39, 0.29) is 5.28 Å². The van der Waals surface area contributed by atoms with Crippen LogP contribution in [0, 0.1) is 0 Å². The molecule has 100 valence electrons. The maximum absolute atomic E-state index is 5.73. The van der Waals surface area contributed by atoms with Gasteiger partial charge in [-0.25, -0.2) is 15.0 Å². The number of hydrogen-bond acceptors (Lipinski definition) is 4. The Balaban J connectivity index is 1.84. The Hall–Kier alpha value is -2.14. The SMILES string of the molecule is Clc1ncc(-c2cnc3ccc(N4CCC4)cn23)cn1. The van der Waals surface area contributed by atoms with Crippen molar-refractivity contribution in [2.75, 3.05) is 18.0 Å². The minimum atomic E-state index is 0.254. The molecule has 4 rings (SSSR count). The summed E-state index contributed by atoms with van der Waals surface area (Å²) in [5.41, 5.74) is 4.01. The molecule has 1 aliphatic rings. The molecule has 0 unspecified atom stereocenters. The predicted octanol–water partition coefficient (Wildman–Crippen LogP) is 2.65. The molecule has 3 aromatic heterocycles. The van der Waals surface area contributed by atoms with Crippen LogP contribution in [0.3, 0.4) is 0 Å². The molecule has 3 aromatic rings. The standard InChI is InChI=1S/C14H12ClN5/c15-14-17-6-10(7-18-14)12-8-16-13-3-2-11(9-20(12)13)19-4-1-5-19/h2-3,6-9H,1,4-5H2. The van der Waals surface area contributed by atoms with E-state index in [1.165, 1.54) is 12.1 Å². The molecule has 0 bridgehead atoms. The number of imidazole rings is 1. The van der Waals surface area contributed by atoms with Gasteiger partial charge in [0.1, 0.15) is 5.65 Å². The maximum Gasteiger partial charge on any atom is 0.222 e. The van der Waals surface area contributed by atoms with Gasteiger partial charge in [0.25, 0.3) is 0 Å². The van der Waals surface area contributed by atoms with Gasteiger partial charge in [0.05, 0.1) is 17.6 Å². The first-order valence-corrected chi connectivity index (χ1v) is 6.89. The van der Waals surface area contributed by atoms with Crippen LogP contribution in [0.2, 0.25) is 5.28 Å². The van der Waals surface area contributed by atoms with E-state index in [1.807, 2.05) is 12.3 Å². The molecule has 1 fully saturated rings. The highest BCUT2D eigenvalue weighted by Gasteiger charge is 2.16. The van der Waals surface area contributed by atoms with Crippen LogP contribution in [0.5, 0.6) is 0 Å². The molecule has 20 heavy (non-hydrogen) atoms. The Bertz CT molecular complexity index is 761. The second kappa shape index (κ2) is 4.45. The van der Waals surface area contributed by atoms with Crippen molar-refractivity contribution in [3.05, 3.63) is 42.2 Å². The first-order valence-electron chi connectivity index (χ1n) is 6.51. The van der Waals surface area contributed by atoms with Gasteiger partial charge in [0, 0.05) is 37.2 Å². The molecule has 0 spiro atoms. The zero-order valence-electron chi connectivity index (χ0n) is 10.7. The van der Waals surface area contributed by atoms with Crippen molar-refractivity contribution in [3.63, 3.8) is 0 Å². The number of halogens is 1. The van der Waals surface area contributed by atoms with Crippen molar-refractivity contribution in [1.29, 1.82) is 0 Å². The molecule has 6 heteroatoms. The first-order chi connectivity index (χ1) is 9.81. The fourth-order valence-electron chi connectivity index (χ4n) is 2.39. The number of aromatic nitrogens is 4. The van der Waals surface area contributed by atoms with Crippen molar-refractivity contribution in [2.24, 2.45) is 0 Å². The number of pyridine rings is 1. The van der Waals surface area contributed by atoms with Crippen LogP contribution >= 0.6 is 11.6 Å². The number of fused-ring (bicyclic) bond motifs is 1. The van der Waals surface area contributed by atoms with Crippen LogP contribution in [0.4, 0.5) is 5.69 Å². The van der Waals surface area contributed by atoms with E-state index in [2.05, 4.69) is 36.5 Å². The van der Waals surface area contributed by atoms with Gasteiger partial charge in [-0.2, -0.15) is 0 Å². The molecule has 4 heterocycles. The van der Waals surface area contributed by atoms with E-state index < -0.39 is 0 Å². The number of hydrogen-bond donors (Lipinski definition) is 0. The van der Waals surface area contributed by atoms with Crippen molar-refractivity contribution < 1.29 is 0 Å². The van der Waals surface area contributed by atoms with Crippen molar-refractivity contribution in [3.8, 4) is 11.3 Å². The first kappa shape index (κ1) is 11.7. The minimum Gasteiger partial charge on any atom is -0.370 e. The summed E-state index contributed by atoms with van der Waals surface area (Å²) < 4.78 is 2.07. The van der Waals surface area contributed by atoms with Crippen LogP contribution in [0.15, 0.2) is 36.9 Å². The van der Waals surface area contributed by atoms with Gasteiger partial charge >= 0.3 is 0 Å². The Morgan fingerprint density at radius 2 is 1.80 bits per heavy atom. The molecule has 0 amide bonds. The van der Waals surface area contributed by atoms with Crippen molar-refractivity contribution in [1.82, 2.24) is 19.4 Å². The highest BCUT2D eigenvalue weighted by atomic mass is 35.5. The van der Waals surface area contributed by atoms with E-state index in [9.17, 15) is 0 Å². The fourth-order valence-corrected chi connectivity index (χ4v) is 2.49. The summed E-state index contributed by atoms with van der Waals surface area (Å²) in [6, 6.07) is 4.15. The van der Waals surface area contributed by atoms with E-state index >= 15 is 0 Å². The van der Waals surface area contributed by atoms with Crippen LogP contribution in [-0.2, 0) is 0 Å². The predicted molar refractivity (Wildman–Crippen MR) is 78.1 cm³/mol. The average molecular weight is 286 g/mol. The molecule has 1 aliphatic heterocycles. The molecule has 0 N–H and O–H groups in total. The van der Waals surface area contributed by atoms with Gasteiger partial charge in [-0.05, 0) is 30.2 Å². The summed E-state index contributed by atoms with van der Waals surface area (Å²) in [5, 5.41) is 0.254. The lowest BCUT2D eigenvalue weighted by atomic mass is 10.2. The van der Waals surface area contributed by atoms with E-state index in [0.29, 0.717) is 0 Å². The monoisotopic (exact) mass is 285 g/mol. The zero-order chi connectivity index (χ0) is 13.5. The third kappa shape index (κ3) is 1.82. The Labute approximate surface area is 120 Å². The summed E-state index contributed by atoms with van der Waals surface area (Å²) in [5.74, 6) is 0. The van der Waals surface area contributed by atoms with Crippen LogP contribution in [-0.4, -0.2) is 32.4 Å². The smallest absolute Gasteiger partial charge is 0.222 e. The Kier molecular flexibility index (Phi) is 2.60. The van der Waals surface area contributed by atoms with E-state index in [4.69, 9.17) is 11.6 Å². The van der Waals surface area contributed by atoms with Gasteiger partial charge in [0.2, 0.25) is 5.28 Å². The Morgan fingerprint density at radius 1 is 1.00 bits per heavy atom. The number of anilines is 1. The summed E-state index contributed by atoms with van der Waals surface area (Å²) in [4.78, 5) is 14.8. The average Bonchev–Trinajstić information content (AvgIpc) is 2.81. The second-order valence-electron chi connectivity index (χ2n) is 4.84. The van der Waals surface area contributed by atoms with Crippen LogP contribution in [0.25, 0.3) is 16.9 Å². The topological polar surface area (TPSA) is 46.3 Å². The summed E-state index contributed by atoms with van der Waals surface area (Å²) in [6.07, 6.45) is 8.65. The molecule has 0 radical (unpaired) electrons. The second-order valence-corrected chi connectivity index (χ2v) is 5.18. The van der Waals surface area contributed by atoms with E-state index in [1.54, 1.807) is 12.4 Å². The van der Waals surface area contributed by atoms with Gasteiger partial charge < -0.3 is 4.90 Å². The minimum absolute atomic E-state index is 0.254. The Morgan fingerprint density at radius 3 is 2.50 bits per heavy atom. The lowest BCUT2D eigenvalue weighted by molar-refractivity contribution is 0.616. The summed E-state index contributed by atoms with van der Waals surface area (Å²) in [7, 11) is 0. The van der Waals surface area contributed by atoms with Gasteiger partial charge in [-0.3, -0.25) is 4.40 Å². The molecular formula is C14H12ClN5. The normalized spacial score (nSPS) is 14.6. The lowest BCUT2D eigenvalue weighted by Crippen LogP contribution is -2.37. The summed E-state index contributed by atoms with van der Waals surface area (Å²) in [6.45, 7) is 2.25. The molecule has 0 atom stereocenters. The fraction of sp³-hybridized carbons (Fsp3) is 0.214. The third-order valence-electron chi connectivity index (χ3n) is 3.63. The molecule has 5 nitrogen and oxygen atoms in total. The number of rotatable bonds is 2. The van der Waals surface area contributed by atoms with Crippen molar-refractivity contribution in [2.45, 2.75) is 6.42 Å². The lowest BCUT2D eigenvalue weighted by Gasteiger charge is -2.33. The van der Waals surface area contributed by atoms with Crippen LogP contribution < -0.4 is 4.90 Å². The van der Waals surface area contributed by atoms with E-state index in [0.717, 1.165) is 30.0 Å². The molecule has 1 saturated heterocycles. The molecular weight excluding hydrogens is 274 g/mol. The largest absolute Gasteiger partial charge is 0.370 e. The third-order valence-corrected chi connectivity index (χ3v) is 3.82. The van der Waals surface area contributed by atoms with Gasteiger partial charge in [-0.15, -0.1) is 0 Å². The van der Waals surface area contributed by atoms with Gasteiger partial charge in [-0.1, -0.05) is 0 Å². The molecule has 0 aromatic carbocycles.